The van der Waals surface area contributed by atoms with E-state index in [2.05, 4.69) is 16.6 Å². The van der Waals surface area contributed by atoms with Crippen molar-refractivity contribution in [2.75, 3.05) is 5.73 Å². The summed E-state index contributed by atoms with van der Waals surface area (Å²) in [5.41, 5.74) is 13.2. The Morgan fingerprint density at radius 2 is 2.15 bits per heavy atom. The minimum absolute atomic E-state index is 0.162. The standard InChI is InChI=1S/C26H26FN5OS/c1-4-32-24-15-10-21(26(28)29-12-15)33-13(2)19-11-16(27)8-9-17(19)23-25(34-14(3)30-23)18-6-5-7-20(31-32)22(18)24/h8-13,18H,4-7H2,1-3H3,(H2,28,29)/t13-,18?/m1/s1. The van der Waals surface area contributed by atoms with Crippen molar-refractivity contribution in [3.8, 4) is 28.3 Å². The number of nitrogen functional groups attached to an aromatic ring is 1. The summed E-state index contributed by atoms with van der Waals surface area (Å²) in [5.74, 6) is 0.653. The van der Waals surface area contributed by atoms with E-state index in [0.717, 1.165) is 64.6 Å². The van der Waals surface area contributed by atoms with Crippen molar-refractivity contribution in [1.29, 1.82) is 0 Å². The molecule has 0 radical (unpaired) electrons. The van der Waals surface area contributed by atoms with Gasteiger partial charge in [0, 0.05) is 45.8 Å². The van der Waals surface area contributed by atoms with Crippen LogP contribution in [-0.2, 0) is 13.0 Å². The molecule has 2 aliphatic rings. The molecular weight excluding hydrogens is 449 g/mol. The van der Waals surface area contributed by atoms with Gasteiger partial charge in [0.05, 0.1) is 22.1 Å². The van der Waals surface area contributed by atoms with E-state index >= 15 is 0 Å². The molecule has 2 atom stereocenters. The first-order chi connectivity index (χ1) is 16.4. The molecule has 3 aromatic heterocycles. The Morgan fingerprint density at radius 1 is 1.29 bits per heavy atom. The number of aryl methyl sites for hydroxylation is 3. The average molecular weight is 476 g/mol. The van der Waals surface area contributed by atoms with E-state index in [9.17, 15) is 4.39 Å². The van der Waals surface area contributed by atoms with Crippen LogP contribution in [0, 0.1) is 12.7 Å². The van der Waals surface area contributed by atoms with Crippen LogP contribution in [0.5, 0.6) is 5.75 Å². The second-order valence-electron chi connectivity index (χ2n) is 9.01. The SMILES string of the molecule is CCn1nc2c3c1-c1cnc(N)c(c1)O[C@H](C)c1cc(F)ccc1-c1nc(C)sc1C3CCC2. The summed E-state index contributed by atoms with van der Waals surface area (Å²) in [4.78, 5) is 10.6. The highest BCUT2D eigenvalue weighted by atomic mass is 32.1. The number of nitrogens with zero attached hydrogens (tertiary/aromatic N) is 4. The number of anilines is 1. The van der Waals surface area contributed by atoms with Gasteiger partial charge in [-0.1, -0.05) is 0 Å². The monoisotopic (exact) mass is 475 g/mol. The molecule has 2 bridgehead atoms. The number of pyridine rings is 1. The summed E-state index contributed by atoms with van der Waals surface area (Å²) in [7, 11) is 0. The van der Waals surface area contributed by atoms with Gasteiger partial charge in [-0.2, -0.15) is 5.10 Å². The van der Waals surface area contributed by atoms with Gasteiger partial charge in [0.2, 0.25) is 0 Å². The van der Waals surface area contributed by atoms with Gasteiger partial charge >= 0.3 is 0 Å². The minimum atomic E-state index is -0.447. The third-order valence-electron chi connectivity index (χ3n) is 6.86. The fourth-order valence-corrected chi connectivity index (χ4v) is 6.47. The summed E-state index contributed by atoms with van der Waals surface area (Å²) in [6.45, 7) is 6.81. The van der Waals surface area contributed by atoms with E-state index in [1.807, 2.05) is 26.0 Å². The van der Waals surface area contributed by atoms with Crippen molar-refractivity contribution in [2.45, 2.75) is 58.6 Å². The van der Waals surface area contributed by atoms with Crippen molar-refractivity contribution >= 4 is 17.2 Å². The highest BCUT2D eigenvalue weighted by Gasteiger charge is 2.34. The zero-order chi connectivity index (χ0) is 23.6. The topological polar surface area (TPSA) is 78.9 Å². The molecule has 4 aromatic rings. The summed E-state index contributed by atoms with van der Waals surface area (Å²) >= 11 is 1.72. The third kappa shape index (κ3) is 3.23. The molecule has 174 valence electrons. The number of benzene rings is 1. The number of fused-ring (bicyclic) bond motifs is 7. The van der Waals surface area contributed by atoms with Crippen LogP contribution < -0.4 is 10.5 Å². The lowest BCUT2D eigenvalue weighted by Crippen LogP contribution is -2.13. The number of ether oxygens (including phenoxy) is 1. The molecule has 8 heteroatoms. The van der Waals surface area contributed by atoms with Gasteiger partial charge in [-0.25, -0.2) is 14.4 Å². The van der Waals surface area contributed by atoms with Gasteiger partial charge in [-0.3, -0.25) is 4.68 Å². The maximum absolute atomic E-state index is 14.4. The Kier molecular flexibility index (Phi) is 4.95. The fraction of sp³-hybridized carbons (Fsp3) is 0.346. The van der Waals surface area contributed by atoms with E-state index < -0.39 is 6.10 Å². The zero-order valence-corrected chi connectivity index (χ0v) is 20.2. The number of rotatable bonds is 1. The van der Waals surface area contributed by atoms with E-state index in [0.29, 0.717) is 11.6 Å². The molecule has 2 N–H and O–H groups in total. The van der Waals surface area contributed by atoms with Crippen molar-refractivity contribution in [1.82, 2.24) is 19.7 Å². The second kappa shape index (κ2) is 7.91. The van der Waals surface area contributed by atoms with Crippen LogP contribution in [-0.4, -0.2) is 19.7 Å². The molecule has 0 spiro atoms. The van der Waals surface area contributed by atoms with Crippen LogP contribution in [0.2, 0.25) is 0 Å². The predicted octanol–water partition coefficient (Wildman–Crippen LogP) is 6.04. The molecule has 6 rings (SSSR count). The van der Waals surface area contributed by atoms with E-state index in [-0.39, 0.29) is 11.7 Å². The molecule has 1 unspecified atom stereocenters. The second-order valence-corrected chi connectivity index (χ2v) is 10.2. The number of hydrogen-bond donors (Lipinski definition) is 1. The van der Waals surface area contributed by atoms with Gasteiger partial charge in [0.25, 0.3) is 0 Å². The molecule has 1 aliphatic heterocycles. The molecule has 34 heavy (non-hydrogen) atoms. The summed E-state index contributed by atoms with van der Waals surface area (Å²) in [5, 5.41) is 5.99. The highest BCUT2D eigenvalue weighted by molar-refractivity contribution is 7.12. The first-order valence-electron chi connectivity index (χ1n) is 11.7. The van der Waals surface area contributed by atoms with Crippen LogP contribution in [0.1, 0.15) is 65.4 Å². The number of hydrogen-bond acceptors (Lipinski definition) is 6. The Morgan fingerprint density at radius 3 is 2.97 bits per heavy atom. The van der Waals surface area contributed by atoms with Crippen LogP contribution in [0.15, 0.2) is 30.5 Å². The molecule has 6 nitrogen and oxygen atoms in total. The molecule has 0 saturated carbocycles. The van der Waals surface area contributed by atoms with Crippen LogP contribution >= 0.6 is 11.3 Å². The van der Waals surface area contributed by atoms with Crippen molar-refractivity contribution in [3.05, 3.63) is 63.0 Å². The molecule has 0 saturated heterocycles. The lowest BCUT2D eigenvalue weighted by molar-refractivity contribution is 0.227. The lowest BCUT2D eigenvalue weighted by atomic mass is 9.81. The zero-order valence-electron chi connectivity index (χ0n) is 19.4. The quantitative estimate of drug-likeness (QED) is 0.363. The lowest BCUT2D eigenvalue weighted by Gasteiger charge is -2.26. The number of aromatic nitrogens is 4. The summed E-state index contributed by atoms with van der Waals surface area (Å²) < 4.78 is 22.8. The van der Waals surface area contributed by atoms with Crippen molar-refractivity contribution < 1.29 is 9.13 Å². The highest BCUT2D eigenvalue weighted by Crippen LogP contribution is 2.49. The Labute approximate surface area is 201 Å². The van der Waals surface area contributed by atoms with E-state index in [1.54, 1.807) is 23.6 Å². The fourth-order valence-electron chi connectivity index (χ4n) is 5.38. The first kappa shape index (κ1) is 21.3. The predicted molar refractivity (Wildman–Crippen MR) is 132 cm³/mol. The Bertz CT molecular complexity index is 1430. The maximum atomic E-state index is 14.4. The molecule has 1 aromatic carbocycles. The van der Waals surface area contributed by atoms with Crippen LogP contribution in [0.4, 0.5) is 10.2 Å². The first-order valence-corrected chi connectivity index (χ1v) is 12.6. The van der Waals surface area contributed by atoms with Crippen LogP contribution in [0.25, 0.3) is 22.5 Å². The van der Waals surface area contributed by atoms with Crippen LogP contribution in [0.3, 0.4) is 0 Å². The molecular formula is C26H26FN5OS. The molecule has 4 heterocycles. The van der Waals surface area contributed by atoms with Gasteiger partial charge in [-0.15, -0.1) is 11.3 Å². The Balaban J connectivity index is 1.72. The van der Waals surface area contributed by atoms with Gasteiger partial charge < -0.3 is 10.5 Å². The van der Waals surface area contributed by atoms with Gasteiger partial charge in [0.1, 0.15) is 11.9 Å². The molecule has 0 fully saturated rings. The smallest absolute Gasteiger partial charge is 0.166 e. The van der Waals surface area contributed by atoms with Gasteiger partial charge in [-0.05, 0) is 64.3 Å². The van der Waals surface area contributed by atoms with E-state index in [1.165, 1.54) is 16.5 Å². The Hall–Kier alpha value is -3.26. The largest absolute Gasteiger partial charge is 0.482 e. The maximum Gasteiger partial charge on any atom is 0.166 e. The van der Waals surface area contributed by atoms with Crippen molar-refractivity contribution in [3.63, 3.8) is 0 Å². The molecule has 0 amide bonds. The molecule has 1 aliphatic carbocycles. The summed E-state index contributed by atoms with van der Waals surface area (Å²) in [6.07, 6.45) is 4.39. The minimum Gasteiger partial charge on any atom is -0.482 e. The normalized spacial score (nSPS) is 18.7. The summed E-state index contributed by atoms with van der Waals surface area (Å²) in [6, 6.07) is 6.82. The number of nitrogens with two attached hydrogens (primary N) is 1. The average Bonchev–Trinajstić information content (AvgIpc) is 3.40. The van der Waals surface area contributed by atoms with Gasteiger partial charge in [0.15, 0.2) is 11.6 Å². The number of thiazole rings is 1. The third-order valence-corrected chi connectivity index (χ3v) is 7.95. The van der Waals surface area contributed by atoms with E-state index in [4.69, 9.17) is 20.6 Å². The van der Waals surface area contributed by atoms with Crippen molar-refractivity contribution in [2.24, 2.45) is 0 Å². The number of halogens is 1.